The zero-order valence-corrected chi connectivity index (χ0v) is 12.9. The Labute approximate surface area is 127 Å². The fourth-order valence-electron chi connectivity index (χ4n) is 2.50. The summed E-state index contributed by atoms with van der Waals surface area (Å²) in [6.45, 7) is 4.89. The minimum Gasteiger partial charge on any atom is -0.342 e. The van der Waals surface area contributed by atoms with Gasteiger partial charge in [0.2, 0.25) is 0 Å². The zero-order valence-electron chi connectivity index (χ0n) is 12.0. The number of carbonyl (C=O) groups excluding carboxylic acids is 1. The molecule has 0 aliphatic heterocycles. The van der Waals surface area contributed by atoms with E-state index in [1.807, 2.05) is 42.6 Å². The molecule has 0 aliphatic rings. The third kappa shape index (κ3) is 2.56. The van der Waals surface area contributed by atoms with Crippen LogP contribution in [0.15, 0.2) is 41.8 Å². The summed E-state index contributed by atoms with van der Waals surface area (Å²) in [4.78, 5) is 17.6. The van der Waals surface area contributed by atoms with Gasteiger partial charge in [-0.2, -0.15) is 0 Å². The van der Waals surface area contributed by atoms with Gasteiger partial charge in [0.05, 0.1) is 22.0 Å². The molecule has 0 spiro atoms. The van der Waals surface area contributed by atoms with Crippen LogP contribution in [0.25, 0.3) is 11.0 Å². The number of carbonyl (C=O) groups is 1. The fraction of sp³-hybridized carbons (Fsp3) is 0.250. The van der Waals surface area contributed by atoms with E-state index < -0.39 is 0 Å². The van der Waals surface area contributed by atoms with Crippen LogP contribution in [0.2, 0.25) is 0 Å². The molecule has 0 radical (unpaired) electrons. The van der Waals surface area contributed by atoms with Crippen molar-refractivity contribution in [2.75, 3.05) is 0 Å². The smallest absolute Gasteiger partial charge is 0.261 e. The van der Waals surface area contributed by atoms with Crippen LogP contribution >= 0.6 is 11.3 Å². The molecule has 2 aromatic heterocycles. The lowest BCUT2D eigenvalue weighted by molar-refractivity contribution is 0.0942. The monoisotopic (exact) mass is 299 g/mol. The van der Waals surface area contributed by atoms with Crippen molar-refractivity contribution in [2.24, 2.45) is 0 Å². The minimum absolute atomic E-state index is 0.0489. The number of amides is 1. The van der Waals surface area contributed by atoms with Gasteiger partial charge < -0.3 is 9.88 Å². The first kappa shape index (κ1) is 13.8. The van der Waals surface area contributed by atoms with E-state index in [1.54, 1.807) is 0 Å². The van der Waals surface area contributed by atoms with Crippen molar-refractivity contribution in [3.05, 3.63) is 52.5 Å². The Kier molecular flexibility index (Phi) is 3.75. The summed E-state index contributed by atoms with van der Waals surface area (Å²) in [6.07, 6.45) is 0. The van der Waals surface area contributed by atoms with E-state index in [9.17, 15) is 4.79 Å². The minimum atomic E-state index is -0.132. The molecule has 1 aromatic carbocycles. The van der Waals surface area contributed by atoms with Crippen LogP contribution in [0.3, 0.4) is 0 Å². The van der Waals surface area contributed by atoms with Gasteiger partial charge in [0.15, 0.2) is 0 Å². The summed E-state index contributed by atoms with van der Waals surface area (Å²) in [6, 6.07) is 11.6. The maximum absolute atomic E-state index is 12.2. The van der Waals surface area contributed by atoms with Gasteiger partial charge >= 0.3 is 0 Å². The molecule has 0 saturated carbocycles. The molecular weight excluding hydrogens is 282 g/mol. The Bertz CT molecular complexity index is 761. The lowest BCUT2D eigenvalue weighted by Crippen LogP contribution is -2.28. The largest absolute Gasteiger partial charge is 0.342 e. The van der Waals surface area contributed by atoms with E-state index in [4.69, 9.17) is 0 Å². The Hall–Kier alpha value is -2.14. The zero-order chi connectivity index (χ0) is 14.8. The van der Waals surface area contributed by atoms with E-state index in [0.29, 0.717) is 0 Å². The fourth-order valence-corrected chi connectivity index (χ4v) is 3.12. The predicted molar refractivity (Wildman–Crippen MR) is 85.6 cm³/mol. The molecule has 0 saturated heterocycles. The van der Waals surface area contributed by atoms with Gasteiger partial charge in [-0.1, -0.05) is 18.2 Å². The highest BCUT2D eigenvalue weighted by molar-refractivity contribution is 7.12. The van der Waals surface area contributed by atoms with Crippen molar-refractivity contribution in [2.45, 2.75) is 26.4 Å². The van der Waals surface area contributed by atoms with E-state index >= 15 is 0 Å². The van der Waals surface area contributed by atoms with Crippen molar-refractivity contribution in [1.29, 1.82) is 0 Å². The lowest BCUT2D eigenvalue weighted by Gasteiger charge is -2.14. The molecule has 1 atom stereocenters. The number of para-hydroxylation sites is 2. The van der Waals surface area contributed by atoms with Gasteiger partial charge in [-0.05, 0) is 37.4 Å². The molecule has 4 nitrogen and oxygen atoms in total. The Morgan fingerprint density at radius 2 is 2.14 bits per heavy atom. The molecule has 2 heterocycles. The van der Waals surface area contributed by atoms with Crippen LogP contribution in [-0.4, -0.2) is 15.5 Å². The number of nitrogens with one attached hydrogen (secondary N) is 1. The molecule has 0 bridgehead atoms. The molecule has 0 fully saturated rings. The third-order valence-electron chi connectivity index (χ3n) is 3.48. The number of hydrogen-bond acceptors (Lipinski definition) is 3. The molecule has 3 aromatic rings. The maximum Gasteiger partial charge on any atom is 0.261 e. The Morgan fingerprint density at radius 1 is 1.33 bits per heavy atom. The summed E-state index contributed by atoms with van der Waals surface area (Å²) in [5, 5.41) is 4.93. The molecule has 1 N–H and O–H groups in total. The second kappa shape index (κ2) is 5.69. The molecule has 0 unspecified atom stereocenters. The highest BCUT2D eigenvalue weighted by Crippen LogP contribution is 2.21. The van der Waals surface area contributed by atoms with Gasteiger partial charge in [0, 0.05) is 6.54 Å². The SMILES string of the molecule is CCn1c([C@@H](C)NC(=O)c2cccs2)nc2ccccc21. The molecular formula is C16H17N3OS. The summed E-state index contributed by atoms with van der Waals surface area (Å²) in [5.74, 6) is 0.843. The number of rotatable bonds is 4. The number of fused-ring (bicyclic) bond motifs is 1. The summed E-state index contributed by atoms with van der Waals surface area (Å²) >= 11 is 1.44. The standard InChI is InChI=1S/C16H17N3OS/c1-3-19-13-8-5-4-7-12(13)18-15(19)11(2)17-16(20)14-9-6-10-21-14/h4-11H,3H2,1-2H3,(H,17,20)/t11-/m1/s1. The average Bonchev–Trinajstić information content (AvgIpc) is 3.14. The first-order valence-corrected chi connectivity index (χ1v) is 7.88. The average molecular weight is 299 g/mol. The predicted octanol–water partition coefficient (Wildman–Crippen LogP) is 3.61. The quantitative estimate of drug-likeness (QED) is 0.800. The van der Waals surface area contributed by atoms with Crippen LogP contribution in [0.4, 0.5) is 0 Å². The Morgan fingerprint density at radius 3 is 2.86 bits per heavy atom. The number of imidazole rings is 1. The van der Waals surface area contributed by atoms with Crippen LogP contribution in [0.1, 0.15) is 35.4 Å². The molecule has 1 amide bonds. The van der Waals surface area contributed by atoms with Crippen molar-refractivity contribution in [3.8, 4) is 0 Å². The molecule has 3 rings (SSSR count). The number of hydrogen-bond donors (Lipinski definition) is 1. The van der Waals surface area contributed by atoms with E-state index in [0.717, 1.165) is 28.3 Å². The van der Waals surface area contributed by atoms with Gasteiger partial charge in [-0.15, -0.1) is 11.3 Å². The van der Waals surface area contributed by atoms with Crippen molar-refractivity contribution in [3.63, 3.8) is 0 Å². The van der Waals surface area contributed by atoms with Gasteiger partial charge in [0.25, 0.3) is 5.91 Å². The Balaban J connectivity index is 1.91. The topological polar surface area (TPSA) is 46.9 Å². The lowest BCUT2D eigenvalue weighted by atomic mass is 10.3. The normalized spacial score (nSPS) is 12.5. The summed E-state index contributed by atoms with van der Waals surface area (Å²) in [7, 11) is 0. The van der Waals surface area contributed by atoms with E-state index in [1.165, 1.54) is 11.3 Å². The third-order valence-corrected chi connectivity index (χ3v) is 4.35. The van der Waals surface area contributed by atoms with Gasteiger partial charge in [0.1, 0.15) is 5.82 Å². The number of thiophene rings is 1. The van der Waals surface area contributed by atoms with Gasteiger partial charge in [-0.3, -0.25) is 4.79 Å². The highest BCUT2D eigenvalue weighted by atomic mass is 32.1. The van der Waals surface area contributed by atoms with Crippen molar-refractivity contribution >= 4 is 28.3 Å². The first-order valence-electron chi connectivity index (χ1n) is 7.00. The van der Waals surface area contributed by atoms with Crippen LogP contribution in [0, 0.1) is 0 Å². The highest BCUT2D eigenvalue weighted by Gasteiger charge is 2.18. The van der Waals surface area contributed by atoms with Crippen molar-refractivity contribution < 1.29 is 4.79 Å². The van der Waals surface area contributed by atoms with E-state index in [-0.39, 0.29) is 11.9 Å². The molecule has 5 heteroatoms. The first-order chi connectivity index (χ1) is 10.2. The number of benzene rings is 1. The van der Waals surface area contributed by atoms with Crippen LogP contribution in [0.5, 0.6) is 0 Å². The molecule has 108 valence electrons. The molecule has 0 aliphatic carbocycles. The second-order valence-electron chi connectivity index (χ2n) is 4.88. The van der Waals surface area contributed by atoms with Crippen LogP contribution < -0.4 is 5.32 Å². The number of aryl methyl sites for hydroxylation is 1. The molecule has 21 heavy (non-hydrogen) atoms. The second-order valence-corrected chi connectivity index (χ2v) is 5.82. The van der Waals surface area contributed by atoms with Crippen LogP contribution in [-0.2, 0) is 6.54 Å². The number of nitrogens with zero attached hydrogens (tertiary/aromatic N) is 2. The van der Waals surface area contributed by atoms with E-state index in [2.05, 4.69) is 27.9 Å². The van der Waals surface area contributed by atoms with Gasteiger partial charge in [-0.25, -0.2) is 4.98 Å². The van der Waals surface area contributed by atoms with Crippen molar-refractivity contribution in [1.82, 2.24) is 14.9 Å². The maximum atomic E-state index is 12.2. The summed E-state index contributed by atoms with van der Waals surface area (Å²) < 4.78 is 2.15. The number of aromatic nitrogens is 2. The summed E-state index contributed by atoms with van der Waals surface area (Å²) in [5.41, 5.74) is 2.07.